The average Bonchev–Trinajstić information content (AvgIpc) is 2.94. The number of benzene rings is 1. The number of rotatable bonds is 7. The molecule has 7 heteroatoms. The van der Waals surface area contributed by atoms with E-state index in [1.807, 2.05) is 12.3 Å². The minimum Gasteiger partial charge on any atom is -0.495 e. The molecule has 1 saturated heterocycles. The number of anilines is 1. The standard InChI is InChI=1S/C20H26N2O4S/c1-26-17-10-6-5-9-15(17)21-18(23)16(11-12-27-2)22-19(24)13-7-3-4-8-14(13)20(22)25/h5-6,9-10,13-14,16H,3-4,7-8,11-12H2,1-2H3,(H,21,23). The highest BCUT2D eigenvalue weighted by atomic mass is 32.2. The van der Waals surface area contributed by atoms with Gasteiger partial charge >= 0.3 is 0 Å². The Kier molecular flexibility index (Phi) is 6.42. The number of carbonyl (C=O) groups excluding carboxylic acids is 3. The Morgan fingerprint density at radius 1 is 1.22 bits per heavy atom. The molecule has 3 amide bonds. The molecule has 0 aromatic heterocycles. The van der Waals surface area contributed by atoms with Crippen LogP contribution >= 0.6 is 11.8 Å². The number of amides is 3. The minimum absolute atomic E-state index is 0.175. The van der Waals surface area contributed by atoms with Gasteiger partial charge in [-0.3, -0.25) is 19.3 Å². The molecule has 146 valence electrons. The Morgan fingerprint density at radius 2 is 1.85 bits per heavy atom. The second-order valence-electron chi connectivity index (χ2n) is 7.03. The van der Waals surface area contributed by atoms with Crippen LogP contribution in [0.4, 0.5) is 5.69 Å². The van der Waals surface area contributed by atoms with Gasteiger partial charge in [0.05, 0.1) is 24.6 Å². The van der Waals surface area contributed by atoms with E-state index in [1.165, 1.54) is 12.0 Å². The van der Waals surface area contributed by atoms with Crippen molar-refractivity contribution in [1.82, 2.24) is 4.90 Å². The lowest BCUT2D eigenvalue weighted by molar-refractivity contribution is -0.146. The van der Waals surface area contributed by atoms with Gasteiger partial charge < -0.3 is 10.1 Å². The van der Waals surface area contributed by atoms with Gasteiger partial charge in [0.15, 0.2) is 0 Å². The SMILES string of the molecule is COc1ccccc1NC(=O)C(CCSC)N1C(=O)C2CCCCC2C1=O. The van der Waals surface area contributed by atoms with Crippen molar-refractivity contribution in [1.29, 1.82) is 0 Å². The zero-order valence-corrected chi connectivity index (χ0v) is 16.6. The summed E-state index contributed by atoms with van der Waals surface area (Å²) in [5.41, 5.74) is 0.538. The number of methoxy groups -OCH3 is 1. The number of nitrogens with one attached hydrogen (secondary N) is 1. The number of thioether (sulfide) groups is 1. The maximum absolute atomic E-state index is 13.0. The van der Waals surface area contributed by atoms with Gasteiger partial charge in [-0.1, -0.05) is 25.0 Å². The van der Waals surface area contributed by atoms with Gasteiger partial charge in [-0.2, -0.15) is 11.8 Å². The van der Waals surface area contributed by atoms with Crippen molar-refractivity contribution < 1.29 is 19.1 Å². The summed E-state index contributed by atoms with van der Waals surface area (Å²) in [6, 6.07) is 6.34. The summed E-state index contributed by atoms with van der Waals surface area (Å²) in [4.78, 5) is 40.2. The van der Waals surface area contributed by atoms with Gasteiger partial charge in [0.1, 0.15) is 11.8 Å². The molecule has 3 rings (SSSR count). The first-order valence-electron chi connectivity index (χ1n) is 9.38. The monoisotopic (exact) mass is 390 g/mol. The number of hydrogen-bond donors (Lipinski definition) is 1. The summed E-state index contributed by atoms with van der Waals surface area (Å²) in [6.45, 7) is 0. The van der Waals surface area contributed by atoms with E-state index in [4.69, 9.17) is 4.74 Å². The molecular weight excluding hydrogens is 364 g/mol. The molecule has 3 atom stereocenters. The molecule has 1 aliphatic carbocycles. The summed E-state index contributed by atoms with van der Waals surface area (Å²) in [5, 5.41) is 2.85. The van der Waals surface area contributed by atoms with Crippen molar-refractivity contribution in [3.63, 3.8) is 0 Å². The second-order valence-corrected chi connectivity index (χ2v) is 8.02. The predicted octanol–water partition coefficient (Wildman–Crippen LogP) is 2.93. The third-order valence-corrected chi connectivity index (χ3v) is 6.09. The van der Waals surface area contributed by atoms with Crippen molar-refractivity contribution >= 4 is 35.2 Å². The lowest BCUT2D eigenvalue weighted by atomic mass is 9.81. The Labute approximate surface area is 164 Å². The molecule has 2 fully saturated rings. The third-order valence-electron chi connectivity index (χ3n) is 5.45. The number of carbonyl (C=O) groups is 3. The van der Waals surface area contributed by atoms with Crippen LogP contribution in [0.1, 0.15) is 32.1 Å². The van der Waals surface area contributed by atoms with Crippen molar-refractivity contribution in [2.75, 3.05) is 24.4 Å². The summed E-state index contributed by atoms with van der Waals surface area (Å²) < 4.78 is 5.29. The molecule has 2 aliphatic rings. The van der Waals surface area contributed by atoms with E-state index in [1.54, 1.807) is 30.0 Å². The number of hydrogen-bond acceptors (Lipinski definition) is 5. The Hall–Kier alpha value is -2.02. The van der Waals surface area contributed by atoms with Crippen molar-refractivity contribution in [3.05, 3.63) is 24.3 Å². The van der Waals surface area contributed by atoms with Crippen LogP contribution in [0.25, 0.3) is 0 Å². The lowest BCUT2D eigenvalue weighted by Crippen LogP contribution is -2.48. The fraction of sp³-hybridized carbons (Fsp3) is 0.550. The molecule has 1 saturated carbocycles. The van der Waals surface area contributed by atoms with Gasteiger partial charge in [0, 0.05) is 0 Å². The van der Waals surface area contributed by atoms with Gasteiger partial charge in [0.25, 0.3) is 0 Å². The summed E-state index contributed by atoms with van der Waals surface area (Å²) in [7, 11) is 1.54. The molecule has 1 aliphatic heterocycles. The maximum atomic E-state index is 13.0. The fourth-order valence-corrected chi connectivity index (χ4v) is 4.52. The molecule has 0 spiro atoms. The molecule has 27 heavy (non-hydrogen) atoms. The average molecular weight is 391 g/mol. The summed E-state index contributed by atoms with van der Waals surface area (Å²) >= 11 is 1.59. The highest BCUT2D eigenvalue weighted by Gasteiger charge is 2.51. The smallest absolute Gasteiger partial charge is 0.247 e. The number of imide groups is 1. The summed E-state index contributed by atoms with van der Waals surface area (Å²) in [5.74, 6) is 0.0494. The lowest BCUT2D eigenvalue weighted by Gasteiger charge is -2.26. The Balaban J connectivity index is 1.83. The van der Waals surface area contributed by atoms with E-state index in [9.17, 15) is 14.4 Å². The van der Waals surface area contributed by atoms with Gasteiger partial charge in [-0.05, 0) is 43.4 Å². The van der Waals surface area contributed by atoms with Crippen LogP contribution in [0.5, 0.6) is 5.75 Å². The van der Waals surface area contributed by atoms with Crippen LogP contribution in [-0.2, 0) is 14.4 Å². The van der Waals surface area contributed by atoms with Crippen LogP contribution in [0, 0.1) is 11.8 Å². The van der Waals surface area contributed by atoms with E-state index >= 15 is 0 Å². The molecule has 0 bridgehead atoms. The van der Waals surface area contributed by atoms with Crippen LogP contribution in [0.3, 0.4) is 0 Å². The first kappa shape index (κ1) is 19.7. The zero-order valence-electron chi connectivity index (χ0n) is 15.8. The molecular formula is C20H26N2O4S. The molecule has 1 N–H and O–H groups in total. The Bertz CT molecular complexity index is 700. The van der Waals surface area contributed by atoms with E-state index in [0.717, 1.165) is 25.7 Å². The highest BCUT2D eigenvalue weighted by molar-refractivity contribution is 7.98. The normalized spacial score (nSPS) is 23.1. The van der Waals surface area contributed by atoms with E-state index in [0.29, 0.717) is 23.6 Å². The minimum atomic E-state index is -0.784. The third kappa shape index (κ3) is 3.98. The number of likely N-dealkylation sites (tertiary alicyclic amines) is 1. The maximum Gasteiger partial charge on any atom is 0.247 e. The number of nitrogens with zero attached hydrogens (tertiary/aromatic N) is 1. The quantitative estimate of drug-likeness (QED) is 0.725. The van der Waals surface area contributed by atoms with Crippen LogP contribution in [0.2, 0.25) is 0 Å². The molecule has 1 aromatic rings. The van der Waals surface area contributed by atoms with Crippen LogP contribution in [0.15, 0.2) is 24.3 Å². The van der Waals surface area contributed by atoms with E-state index in [-0.39, 0.29) is 29.6 Å². The molecule has 0 radical (unpaired) electrons. The fourth-order valence-electron chi connectivity index (χ4n) is 4.07. The van der Waals surface area contributed by atoms with Crippen molar-refractivity contribution in [2.24, 2.45) is 11.8 Å². The van der Waals surface area contributed by atoms with Crippen molar-refractivity contribution in [3.8, 4) is 5.75 Å². The number of para-hydroxylation sites is 2. The number of fused-ring (bicyclic) bond motifs is 1. The predicted molar refractivity (Wildman–Crippen MR) is 106 cm³/mol. The first-order chi connectivity index (χ1) is 13.1. The zero-order chi connectivity index (χ0) is 19.4. The van der Waals surface area contributed by atoms with Gasteiger partial charge in [0.2, 0.25) is 17.7 Å². The topological polar surface area (TPSA) is 75.7 Å². The van der Waals surface area contributed by atoms with Gasteiger partial charge in [-0.25, -0.2) is 0 Å². The van der Waals surface area contributed by atoms with Crippen LogP contribution in [-0.4, -0.2) is 47.8 Å². The second kappa shape index (κ2) is 8.78. The Morgan fingerprint density at radius 3 is 2.44 bits per heavy atom. The largest absolute Gasteiger partial charge is 0.495 e. The number of ether oxygens (including phenoxy) is 1. The highest BCUT2D eigenvalue weighted by Crippen LogP contribution is 2.39. The van der Waals surface area contributed by atoms with E-state index < -0.39 is 6.04 Å². The molecule has 1 heterocycles. The summed E-state index contributed by atoms with van der Waals surface area (Å²) in [6.07, 6.45) is 5.82. The molecule has 1 aromatic carbocycles. The van der Waals surface area contributed by atoms with Gasteiger partial charge in [-0.15, -0.1) is 0 Å². The van der Waals surface area contributed by atoms with Crippen molar-refractivity contribution in [2.45, 2.75) is 38.1 Å². The van der Waals surface area contributed by atoms with E-state index in [2.05, 4.69) is 5.32 Å². The molecule has 6 nitrogen and oxygen atoms in total. The first-order valence-corrected chi connectivity index (χ1v) is 10.8. The van der Waals surface area contributed by atoms with Crippen LogP contribution < -0.4 is 10.1 Å². The molecule has 3 unspecified atom stereocenters.